The summed E-state index contributed by atoms with van der Waals surface area (Å²) in [7, 11) is 0. The summed E-state index contributed by atoms with van der Waals surface area (Å²) in [5.41, 5.74) is 0.343. The van der Waals surface area contributed by atoms with Gasteiger partial charge in [-0.25, -0.2) is 0 Å². The molecule has 0 bridgehead atoms. The molecule has 1 unspecified atom stereocenters. The number of aliphatic hydroxyl groups is 1. The van der Waals surface area contributed by atoms with E-state index < -0.39 is 12.7 Å². The lowest BCUT2D eigenvalue weighted by Gasteiger charge is -2.15. The quantitative estimate of drug-likeness (QED) is 0.811. The molecule has 0 saturated heterocycles. The highest BCUT2D eigenvalue weighted by Gasteiger charge is 2.15. The SMILES string of the molecule is CC(C)C(O)CC(=O)NCc1cc(Cl)ccc1OC(F)F. The van der Waals surface area contributed by atoms with Crippen LogP contribution in [0.1, 0.15) is 25.8 Å². The Morgan fingerprint density at radius 1 is 1.43 bits per heavy atom. The Labute approximate surface area is 127 Å². The second-order valence-electron chi connectivity index (χ2n) is 4.92. The number of hydrogen-bond acceptors (Lipinski definition) is 3. The molecule has 0 radical (unpaired) electrons. The fraction of sp³-hybridized carbons (Fsp3) is 0.500. The van der Waals surface area contributed by atoms with Crippen molar-refractivity contribution in [3.05, 3.63) is 28.8 Å². The molecule has 4 nitrogen and oxygen atoms in total. The van der Waals surface area contributed by atoms with Crippen molar-refractivity contribution in [2.24, 2.45) is 5.92 Å². The van der Waals surface area contributed by atoms with E-state index in [2.05, 4.69) is 10.1 Å². The molecular formula is C14H18ClF2NO3. The van der Waals surface area contributed by atoms with Gasteiger partial charge in [-0.2, -0.15) is 8.78 Å². The predicted octanol–water partition coefficient (Wildman–Crippen LogP) is 2.96. The Kier molecular flexibility index (Phi) is 6.84. The molecule has 1 aromatic rings. The molecule has 0 saturated carbocycles. The molecule has 0 aliphatic heterocycles. The lowest BCUT2D eigenvalue weighted by molar-refractivity contribution is -0.123. The van der Waals surface area contributed by atoms with E-state index in [9.17, 15) is 18.7 Å². The molecule has 0 aromatic heterocycles. The van der Waals surface area contributed by atoms with Crippen LogP contribution >= 0.6 is 11.6 Å². The summed E-state index contributed by atoms with van der Waals surface area (Å²) in [6.45, 7) is 0.627. The Morgan fingerprint density at radius 2 is 2.10 bits per heavy atom. The number of hydrogen-bond donors (Lipinski definition) is 2. The lowest BCUT2D eigenvalue weighted by Crippen LogP contribution is -2.29. The van der Waals surface area contributed by atoms with Crippen LogP contribution in [0.15, 0.2) is 18.2 Å². The highest BCUT2D eigenvalue weighted by Crippen LogP contribution is 2.24. The van der Waals surface area contributed by atoms with Crippen molar-refractivity contribution in [1.29, 1.82) is 0 Å². The average Bonchev–Trinajstić information content (AvgIpc) is 2.38. The van der Waals surface area contributed by atoms with Crippen molar-refractivity contribution in [3.8, 4) is 5.75 Å². The number of aliphatic hydroxyl groups excluding tert-OH is 1. The van der Waals surface area contributed by atoms with Gasteiger partial charge in [0.05, 0.1) is 12.5 Å². The third kappa shape index (κ3) is 6.27. The molecule has 118 valence electrons. The molecular weight excluding hydrogens is 304 g/mol. The maximum atomic E-state index is 12.3. The smallest absolute Gasteiger partial charge is 0.387 e. The highest BCUT2D eigenvalue weighted by molar-refractivity contribution is 6.30. The number of amides is 1. The lowest BCUT2D eigenvalue weighted by atomic mass is 10.0. The van der Waals surface area contributed by atoms with Crippen LogP contribution in [-0.4, -0.2) is 23.7 Å². The molecule has 7 heteroatoms. The van der Waals surface area contributed by atoms with E-state index >= 15 is 0 Å². The molecule has 2 N–H and O–H groups in total. The van der Waals surface area contributed by atoms with Gasteiger partial charge in [-0.05, 0) is 24.1 Å². The van der Waals surface area contributed by atoms with Gasteiger partial charge in [-0.1, -0.05) is 25.4 Å². The summed E-state index contributed by atoms with van der Waals surface area (Å²) < 4.78 is 28.9. The van der Waals surface area contributed by atoms with Gasteiger partial charge in [0.1, 0.15) is 5.75 Å². The third-order valence-electron chi connectivity index (χ3n) is 2.88. The molecule has 0 fully saturated rings. The van der Waals surface area contributed by atoms with Crippen LogP contribution < -0.4 is 10.1 Å². The summed E-state index contributed by atoms with van der Waals surface area (Å²) >= 11 is 5.80. The Morgan fingerprint density at radius 3 is 2.67 bits per heavy atom. The number of carbonyl (C=O) groups excluding carboxylic acids is 1. The summed E-state index contributed by atoms with van der Waals surface area (Å²) in [6, 6.07) is 4.18. The predicted molar refractivity (Wildman–Crippen MR) is 75.4 cm³/mol. The minimum Gasteiger partial charge on any atom is -0.434 e. The van der Waals surface area contributed by atoms with E-state index in [-0.39, 0.29) is 30.5 Å². The van der Waals surface area contributed by atoms with Crippen LogP contribution in [0.5, 0.6) is 5.75 Å². The Bertz CT molecular complexity index is 483. The van der Waals surface area contributed by atoms with Gasteiger partial charge in [0, 0.05) is 17.1 Å². The Hall–Kier alpha value is -1.40. The van der Waals surface area contributed by atoms with Crippen LogP contribution in [0.3, 0.4) is 0 Å². The standard InChI is InChI=1S/C14H18ClF2NO3/c1-8(2)11(19)6-13(20)18-7-9-5-10(15)3-4-12(9)21-14(16)17/h3-5,8,11,14,19H,6-7H2,1-2H3,(H,18,20). The number of alkyl halides is 2. The monoisotopic (exact) mass is 321 g/mol. The zero-order valence-electron chi connectivity index (χ0n) is 11.8. The largest absolute Gasteiger partial charge is 0.434 e. The fourth-order valence-electron chi connectivity index (χ4n) is 1.59. The number of benzene rings is 1. The maximum absolute atomic E-state index is 12.3. The van der Waals surface area contributed by atoms with Crippen molar-refractivity contribution in [3.63, 3.8) is 0 Å². The van der Waals surface area contributed by atoms with Crippen LogP contribution in [0, 0.1) is 5.92 Å². The third-order valence-corrected chi connectivity index (χ3v) is 3.11. The zero-order chi connectivity index (χ0) is 16.0. The zero-order valence-corrected chi connectivity index (χ0v) is 12.5. The van der Waals surface area contributed by atoms with Crippen LogP contribution in [0.25, 0.3) is 0 Å². The number of halogens is 3. The molecule has 21 heavy (non-hydrogen) atoms. The average molecular weight is 322 g/mol. The number of nitrogens with one attached hydrogen (secondary N) is 1. The van der Waals surface area contributed by atoms with Crippen molar-refractivity contribution in [1.82, 2.24) is 5.32 Å². The number of ether oxygens (including phenoxy) is 1. The van der Waals surface area contributed by atoms with Gasteiger partial charge < -0.3 is 15.2 Å². The first-order valence-corrected chi connectivity index (χ1v) is 6.85. The van der Waals surface area contributed by atoms with Crippen molar-refractivity contribution in [2.75, 3.05) is 0 Å². The van der Waals surface area contributed by atoms with Gasteiger partial charge in [0.2, 0.25) is 5.91 Å². The van der Waals surface area contributed by atoms with Crippen LogP contribution in [0.4, 0.5) is 8.78 Å². The summed E-state index contributed by atoms with van der Waals surface area (Å²) in [5, 5.41) is 12.5. The van der Waals surface area contributed by atoms with Gasteiger partial charge in [-0.15, -0.1) is 0 Å². The molecule has 1 atom stereocenters. The van der Waals surface area contributed by atoms with E-state index in [1.54, 1.807) is 13.8 Å². The number of rotatable bonds is 7. The van der Waals surface area contributed by atoms with E-state index in [0.29, 0.717) is 10.6 Å². The second-order valence-corrected chi connectivity index (χ2v) is 5.36. The van der Waals surface area contributed by atoms with Crippen molar-refractivity contribution >= 4 is 17.5 Å². The minimum absolute atomic E-state index is 0.00768. The van der Waals surface area contributed by atoms with E-state index in [4.69, 9.17) is 11.6 Å². The molecule has 1 rings (SSSR count). The minimum atomic E-state index is -2.96. The number of carbonyl (C=O) groups is 1. The second kappa shape index (κ2) is 8.14. The normalized spacial score (nSPS) is 12.6. The van der Waals surface area contributed by atoms with E-state index in [1.807, 2.05) is 0 Å². The van der Waals surface area contributed by atoms with E-state index in [0.717, 1.165) is 0 Å². The molecule has 1 amide bonds. The highest BCUT2D eigenvalue weighted by atomic mass is 35.5. The Balaban J connectivity index is 2.65. The van der Waals surface area contributed by atoms with Gasteiger partial charge in [-0.3, -0.25) is 4.79 Å². The summed E-state index contributed by atoms with van der Waals surface area (Å²) in [5.74, 6) is -0.460. The molecule has 0 aliphatic rings. The first-order valence-electron chi connectivity index (χ1n) is 6.47. The topological polar surface area (TPSA) is 58.6 Å². The van der Waals surface area contributed by atoms with Gasteiger partial charge >= 0.3 is 6.61 Å². The maximum Gasteiger partial charge on any atom is 0.387 e. The molecule has 1 aromatic carbocycles. The molecule has 0 heterocycles. The molecule has 0 spiro atoms. The van der Waals surface area contributed by atoms with Crippen LogP contribution in [-0.2, 0) is 11.3 Å². The first kappa shape index (κ1) is 17.7. The van der Waals surface area contributed by atoms with Crippen molar-refractivity contribution < 1.29 is 23.4 Å². The van der Waals surface area contributed by atoms with Crippen LogP contribution in [0.2, 0.25) is 5.02 Å². The summed E-state index contributed by atoms with van der Waals surface area (Å²) in [4.78, 5) is 11.7. The van der Waals surface area contributed by atoms with Gasteiger partial charge in [0.15, 0.2) is 0 Å². The molecule has 0 aliphatic carbocycles. The van der Waals surface area contributed by atoms with E-state index in [1.165, 1.54) is 18.2 Å². The first-order chi connectivity index (χ1) is 9.79. The van der Waals surface area contributed by atoms with Crippen molar-refractivity contribution in [2.45, 2.75) is 39.5 Å². The fourth-order valence-corrected chi connectivity index (χ4v) is 1.78. The summed E-state index contributed by atoms with van der Waals surface area (Å²) in [6.07, 6.45) is -0.801. The van der Waals surface area contributed by atoms with Gasteiger partial charge in [0.25, 0.3) is 0 Å².